The molecule has 110 valence electrons. The van der Waals surface area contributed by atoms with Crippen LogP contribution in [0.25, 0.3) is 0 Å². The first-order valence-corrected chi connectivity index (χ1v) is 8.77. The first-order valence-electron chi connectivity index (χ1n) is 7.73. The van der Waals surface area contributed by atoms with Crippen molar-refractivity contribution in [3.8, 4) is 0 Å². The van der Waals surface area contributed by atoms with Crippen molar-refractivity contribution in [3.63, 3.8) is 0 Å². The zero-order valence-electron chi connectivity index (χ0n) is 13.2. The molecular weight excluding hydrogens is 264 g/mol. The van der Waals surface area contributed by atoms with E-state index in [2.05, 4.69) is 33.8 Å². The van der Waals surface area contributed by atoms with Crippen LogP contribution < -0.4 is 0 Å². The average molecular weight is 290 g/mol. The van der Waals surface area contributed by atoms with Crippen molar-refractivity contribution in [2.45, 2.75) is 65.0 Å². The summed E-state index contributed by atoms with van der Waals surface area (Å²) in [7, 11) is 0. The van der Waals surface area contributed by atoms with Crippen LogP contribution in [0.2, 0.25) is 0 Å². The van der Waals surface area contributed by atoms with Gasteiger partial charge in [0.2, 0.25) is 0 Å². The molecule has 1 aromatic rings. The normalized spacial score (nSPS) is 16.4. The first kappa shape index (κ1) is 15.6. The van der Waals surface area contributed by atoms with Crippen molar-refractivity contribution in [2.24, 2.45) is 0 Å². The van der Waals surface area contributed by atoms with Gasteiger partial charge >= 0.3 is 0 Å². The van der Waals surface area contributed by atoms with Crippen LogP contribution in [0.15, 0.2) is 6.07 Å². The largest absolute Gasteiger partial charge is 0.293 e. The zero-order chi connectivity index (χ0) is 14.7. The monoisotopic (exact) mass is 290 g/mol. The lowest BCUT2D eigenvalue weighted by Gasteiger charge is -2.21. The number of aryl methyl sites for hydroxylation is 2. The minimum atomic E-state index is 0.322. The van der Waals surface area contributed by atoms with Crippen LogP contribution >= 0.6 is 11.8 Å². The molecule has 1 nitrogen and oxygen atoms in total. The lowest BCUT2D eigenvalue weighted by Crippen LogP contribution is -2.14. The summed E-state index contributed by atoms with van der Waals surface area (Å²) >= 11 is 1.88. The van der Waals surface area contributed by atoms with Gasteiger partial charge in [0.25, 0.3) is 0 Å². The highest BCUT2D eigenvalue weighted by molar-refractivity contribution is 8.00. The second-order valence-electron chi connectivity index (χ2n) is 6.13. The number of carbonyl (C=O) groups is 1. The molecule has 0 atom stereocenters. The molecule has 1 aliphatic carbocycles. The fourth-order valence-electron chi connectivity index (χ4n) is 3.13. The quantitative estimate of drug-likeness (QED) is 0.712. The first-order chi connectivity index (χ1) is 9.50. The van der Waals surface area contributed by atoms with Crippen molar-refractivity contribution in [1.29, 1.82) is 0 Å². The summed E-state index contributed by atoms with van der Waals surface area (Å²) in [6.45, 7) is 8.38. The number of hydrogen-bond acceptors (Lipinski definition) is 2. The molecule has 20 heavy (non-hydrogen) atoms. The molecule has 0 aromatic heterocycles. The van der Waals surface area contributed by atoms with Crippen LogP contribution in [-0.4, -0.2) is 16.8 Å². The lowest BCUT2D eigenvalue weighted by atomic mass is 9.92. The molecule has 1 saturated carbocycles. The summed E-state index contributed by atoms with van der Waals surface area (Å²) in [5, 5.41) is 0.708. The Labute approximate surface area is 127 Å². The number of benzene rings is 1. The van der Waals surface area contributed by atoms with E-state index in [9.17, 15) is 4.79 Å². The molecule has 2 heteroatoms. The van der Waals surface area contributed by atoms with Crippen LogP contribution in [0.5, 0.6) is 0 Å². The Bertz CT molecular complexity index is 472. The van der Waals surface area contributed by atoms with E-state index >= 15 is 0 Å². The molecule has 1 aliphatic rings. The Kier molecular flexibility index (Phi) is 5.31. The number of hydrogen-bond donors (Lipinski definition) is 0. The van der Waals surface area contributed by atoms with Gasteiger partial charge in [0.15, 0.2) is 5.78 Å². The Balaban J connectivity index is 2.09. The molecule has 0 N–H and O–H groups in total. The maximum atomic E-state index is 12.6. The van der Waals surface area contributed by atoms with E-state index in [1.807, 2.05) is 11.8 Å². The smallest absolute Gasteiger partial charge is 0.173 e. The fourth-order valence-corrected chi connectivity index (χ4v) is 4.33. The standard InChI is InChI=1S/C18H26OS/c1-12-10-13(2)15(4)18(14(12)3)17(19)11-20-16-8-6-5-7-9-16/h10,16H,5-9,11H2,1-4H3. The summed E-state index contributed by atoms with van der Waals surface area (Å²) in [4.78, 5) is 12.6. The zero-order valence-corrected chi connectivity index (χ0v) is 14.0. The number of rotatable bonds is 4. The van der Waals surface area contributed by atoms with Gasteiger partial charge in [-0.05, 0) is 62.8 Å². The molecule has 0 unspecified atom stereocenters. The highest BCUT2D eigenvalue weighted by Crippen LogP contribution is 2.30. The molecule has 0 radical (unpaired) electrons. The summed E-state index contributed by atoms with van der Waals surface area (Å²) < 4.78 is 0. The Hall–Kier alpha value is -0.760. The van der Waals surface area contributed by atoms with Crippen LogP contribution in [0.1, 0.15) is 64.7 Å². The van der Waals surface area contributed by atoms with Crippen LogP contribution in [0.3, 0.4) is 0 Å². The predicted molar refractivity (Wildman–Crippen MR) is 89.1 cm³/mol. The maximum Gasteiger partial charge on any atom is 0.173 e. The Morgan fingerprint density at radius 2 is 1.60 bits per heavy atom. The summed E-state index contributed by atoms with van der Waals surface area (Å²) in [5.74, 6) is 0.970. The van der Waals surface area contributed by atoms with E-state index in [4.69, 9.17) is 0 Å². The van der Waals surface area contributed by atoms with Gasteiger partial charge in [0, 0.05) is 10.8 Å². The Morgan fingerprint density at radius 1 is 1.05 bits per heavy atom. The van der Waals surface area contributed by atoms with E-state index in [0.717, 1.165) is 5.56 Å². The van der Waals surface area contributed by atoms with E-state index < -0.39 is 0 Å². The van der Waals surface area contributed by atoms with Crippen LogP contribution in [0.4, 0.5) is 0 Å². The van der Waals surface area contributed by atoms with Crippen LogP contribution in [-0.2, 0) is 0 Å². The lowest BCUT2D eigenvalue weighted by molar-refractivity contribution is 0.102. The van der Waals surface area contributed by atoms with Gasteiger partial charge in [-0.3, -0.25) is 4.79 Å². The van der Waals surface area contributed by atoms with Gasteiger partial charge in [-0.2, -0.15) is 11.8 Å². The van der Waals surface area contributed by atoms with Gasteiger partial charge in [-0.1, -0.05) is 25.3 Å². The second kappa shape index (κ2) is 6.80. The highest BCUT2D eigenvalue weighted by Gasteiger charge is 2.19. The van der Waals surface area contributed by atoms with Crippen molar-refractivity contribution in [1.82, 2.24) is 0 Å². The third-order valence-electron chi connectivity index (χ3n) is 4.65. The molecule has 0 aliphatic heterocycles. The number of Topliss-reactive ketones (excluding diaryl/α,β-unsaturated/α-hetero) is 1. The van der Waals surface area contributed by atoms with Crippen molar-refractivity contribution in [2.75, 3.05) is 5.75 Å². The van der Waals surface area contributed by atoms with E-state index in [-0.39, 0.29) is 0 Å². The third kappa shape index (κ3) is 3.46. The number of thioether (sulfide) groups is 1. The molecule has 2 rings (SSSR count). The molecule has 0 bridgehead atoms. The fraction of sp³-hybridized carbons (Fsp3) is 0.611. The van der Waals surface area contributed by atoms with Gasteiger partial charge < -0.3 is 0 Å². The van der Waals surface area contributed by atoms with Gasteiger partial charge in [0.05, 0.1) is 5.75 Å². The third-order valence-corrected chi connectivity index (χ3v) is 6.02. The molecule has 0 saturated heterocycles. The van der Waals surface area contributed by atoms with Crippen LogP contribution in [0, 0.1) is 27.7 Å². The molecule has 0 spiro atoms. The SMILES string of the molecule is Cc1cc(C)c(C)c(C(=O)CSC2CCCCC2)c1C. The Morgan fingerprint density at radius 3 is 2.15 bits per heavy atom. The van der Waals surface area contributed by atoms with Crippen molar-refractivity contribution >= 4 is 17.5 Å². The molecule has 1 aromatic carbocycles. The minimum absolute atomic E-state index is 0.322. The van der Waals surface area contributed by atoms with Gasteiger partial charge in [0.1, 0.15) is 0 Å². The molecule has 0 heterocycles. The van der Waals surface area contributed by atoms with Gasteiger partial charge in [-0.25, -0.2) is 0 Å². The topological polar surface area (TPSA) is 17.1 Å². The number of carbonyl (C=O) groups excluding carboxylic acids is 1. The van der Waals surface area contributed by atoms with Crippen molar-refractivity contribution < 1.29 is 4.79 Å². The minimum Gasteiger partial charge on any atom is -0.293 e. The molecule has 1 fully saturated rings. The second-order valence-corrected chi connectivity index (χ2v) is 7.42. The summed E-state index contributed by atoms with van der Waals surface area (Å²) in [5.41, 5.74) is 5.79. The number of ketones is 1. The van der Waals surface area contributed by atoms with E-state index in [1.54, 1.807) is 0 Å². The maximum absolute atomic E-state index is 12.6. The summed E-state index contributed by atoms with van der Waals surface area (Å²) in [6.07, 6.45) is 6.65. The van der Waals surface area contributed by atoms with E-state index in [1.165, 1.54) is 54.4 Å². The highest BCUT2D eigenvalue weighted by atomic mass is 32.2. The average Bonchev–Trinajstić information content (AvgIpc) is 2.44. The molecule has 0 amide bonds. The molecular formula is C18H26OS. The summed E-state index contributed by atoms with van der Waals surface area (Å²) in [6, 6.07) is 2.19. The van der Waals surface area contributed by atoms with E-state index in [0.29, 0.717) is 16.8 Å². The van der Waals surface area contributed by atoms with Gasteiger partial charge in [-0.15, -0.1) is 0 Å². The predicted octanol–water partition coefficient (Wildman–Crippen LogP) is 5.17. The van der Waals surface area contributed by atoms with Crippen molar-refractivity contribution in [3.05, 3.63) is 33.9 Å².